The van der Waals surface area contributed by atoms with Crippen LogP contribution in [0.2, 0.25) is 0 Å². The molecule has 0 radical (unpaired) electrons. The predicted molar refractivity (Wildman–Crippen MR) is 62.7 cm³/mol. The van der Waals surface area contributed by atoms with Gasteiger partial charge in [0.05, 0.1) is 15.0 Å². The topological polar surface area (TPSA) is 0 Å². The SMILES string of the molecule is [2H]C([2H])([2H])[S+](c1ccccc1)c1ccccc1. The Kier molecular flexibility index (Phi) is 1.95. The first-order chi connectivity index (χ1) is 8.09. The summed E-state index contributed by atoms with van der Waals surface area (Å²) in [5.74, 6) is 0. The molecule has 2 rings (SSSR count). The van der Waals surface area contributed by atoms with Crippen molar-refractivity contribution in [3.63, 3.8) is 0 Å². The average Bonchev–Trinajstić information content (AvgIpc) is 2.30. The summed E-state index contributed by atoms with van der Waals surface area (Å²) in [7, 11) is -0.869. The number of rotatable bonds is 2. The van der Waals surface area contributed by atoms with Crippen LogP contribution in [0.5, 0.6) is 0 Å². The molecule has 0 atom stereocenters. The fraction of sp³-hybridized carbons (Fsp3) is 0.0769. The minimum absolute atomic E-state index is 0.860. The van der Waals surface area contributed by atoms with E-state index in [1.54, 1.807) is 0 Å². The fourth-order valence-corrected chi connectivity index (χ4v) is 2.38. The highest BCUT2D eigenvalue weighted by molar-refractivity contribution is 7.96. The molecule has 2 aromatic carbocycles. The monoisotopic (exact) mass is 204 g/mol. The van der Waals surface area contributed by atoms with Gasteiger partial charge >= 0.3 is 0 Å². The molecule has 0 aliphatic rings. The molecule has 0 amide bonds. The van der Waals surface area contributed by atoms with E-state index in [1.807, 2.05) is 60.7 Å². The predicted octanol–water partition coefficient (Wildman–Crippen LogP) is 3.35. The van der Waals surface area contributed by atoms with Gasteiger partial charge in [-0.3, -0.25) is 0 Å². The molecule has 0 spiro atoms. The van der Waals surface area contributed by atoms with E-state index in [4.69, 9.17) is 4.11 Å². The molecule has 0 saturated heterocycles. The van der Waals surface area contributed by atoms with Crippen molar-refractivity contribution in [1.82, 2.24) is 0 Å². The Balaban J connectivity index is 2.48. The minimum atomic E-state index is -2.00. The Morgan fingerprint density at radius 1 is 0.786 bits per heavy atom. The van der Waals surface area contributed by atoms with Gasteiger partial charge in [-0.1, -0.05) is 36.4 Å². The first-order valence-corrected chi connectivity index (χ1v) is 5.66. The number of hydrogen-bond acceptors (Lipinski definition) is 0. The van der Waals surface area contributed by atoms with Crippen LogP contribution in [0, 0.1) is 0 Å². The first kappa shape index (κ1) is 6.31. The summed E-state index contributed by atoms with van der Waals surface area (Å²) in [6, 6.07) is 18.8. The summed E-state index contributed by atoms with van der Waals surface area (Å²) < 4.78 is 23.1. The molecule has 2 aromatic rings. The maximum atomic E-state index is 7.71. The lowest BCUT2D eigenvalue weighted by Crippen LogP contribution is -1.99. The highest BCUT2D eigenvalue weighted by Gasteiger charge is 2.17. The summed E-state index contributed by atoms with van der Waals surface area (Å²) >= 11 is 0. The zero-order valence-corrected chi connectivity index (χ0v) is 8.50. The molecule has 1 heteroatoms. The lowest BCUT2D eigenvalue weighted by atomic mass is 10.4. The summed E-state index contributed by atoms with van der Waals surface area (Å²) in [6.07, 6.45) is -2.00. The summed E-state index contributed by atoms with van der Waals surface area (Å²) in [5, 5.41) is 0. The van der Waals surface area contributed by atoms with Gasteiger partial charge in [0.2, 0.25) is 0 Å². The maximum absolute atomic E-state index is 7.71. The van der Waals surface area contributed by atoms with Crippen LogP contribution in [0.3, 0.4) is 0 Å². The van der Waals surface area contributed by atoms with E-state index in [1.165, 1.54) is 0 Å². The van der Waals surface area contributed by atoms with Crippen molar-refractivity contribution < 1.29 is 4.11 Å². The highest BCUT2D eigenvalue weighted by atomic mass is 32.2. The Morgan fingerprint density at radius 2 is 1.21 bits per heavy atom. The second-order valence-corrected chi connectivity index (χ2v) is 4.49. The zero-order chi connectivity index (χ0) is 12.3. The number of hydrogen-bond donors (Lipinski definition) is 0. The first-order valence-electron chi connectivity index (χ1n) is 5.93. The van der Waals surface area contributed by atoms with Gasteiger partial charge in [0.1, 0.15) is 6.18 Å². The van der Waals surface area contributed by atoms with Crippen molar-refractivity contribution in [2.75, 3.05) is 6.18 Å². The minimum Gasteiger partial charge on any atom is -0.0619 e. The van der Waals surface area contributed by atoms with Gasteiger partial charge in [-0.05, 0) is 24.3 Å². The van der Waals surface area contributed by atoms with E-state index < -0.39 is 17.1 Å². The van der Waals surface area contributed by atoms with Crippen molar-refractivity contribution in [3.8, 4) is 0 Å². The Hall–Kier alpha value is -1.21. The molecular formula is C13H13S+. The molecular weight excluding hydrogens is 188 g/mol. The van der Waals surface area contributed by atoms with E-state index in [-0.39, 0.29) is 0 Å². The largest absolute Gasteiger partial charge is 0.160 e. The maximum Gasteiger partial charge on any atom is 0.160 e. The molecule has 0 heterocycles. The molecule has 0 nitrogen and oxygen atoms in total. The lowest BCUT2D eigenvalue weighted by Gasteiger charge is -2.00. The van der Waals surface area contributed by atoms with Crippen molar-refractivity contribution in [2.45, 2.75) is 9.79 Å². The molecule has 0 bridgehead atoms. The molecule has 70 valence electrons. The molecule has 0 unspecified atom stereocenters. The van der Waals surface area contributed by atoms with Crippen LogP contribution >= 0.6 is 0 Å². The van der Waals surface area contributed by atoms with Crippen LogP contribution < -0.4 is 0 Å². The van der Waals surface area contributed by atoms with E-state index >= 15 is 0 Å². The third kappa shape index (κ3) is 1.99. The third-order valence-corrected chi connectivity index (χ3v) is 3.44. The van der Waals surface area contributed by atoms with Crippen molar-refractivity contribution in [2.24, 2.45) is 0 Å². The molecule has 0 aliphatic carbocycles. The van der Waals surface area contributed by atoms with E-state index in [0.29, 0.717) is 0 Å². The average molecular weight is 204 g/mol. The standard InChI is InChI=1S/C13H13S/c1-14(12-8-4-2-5-9-12)13-10-6-3-7-11-13/h2-11H,1H3/q+1/i1D3. The van der Waals surface area contributed by atoms with E-state index in [9.17, 15) is 0 Å². The Labute approximate surface area is 92.2 Å². The van der Waals surface area contributed by atoms with Crippen LogP contribution in [0.1, 0.15) is 4.11 Å². The second-order valence-electron chi connectivity index (χ2n) is 2.93. The summed E-state index contributed by atoms with van der Waals surface area (Å²) in [4.78, 5) is 1.72. The second kappa shape index (κ2) is 4.34. The lowest BCUT2D eigenvalue weighted by molar-refractivity contribution is 1.38. The molecule has 0 fully saturated rings. The van der Waals surface area contributed by atoms with Crippen LogP contribution in [0.25, 0.3) is 0 Å². The van der Waals surface area contributed by atoms with Gasteiger partial charge in [-0.15, -0.1) is 0 Å². The summed E-state index contributed by atoms with van der Waals surface area (Å²) in [6.45, 7) is 0. The van der Waals surface area contributed by atoms with Gasteiger partial charge in [0.15, 0.2) is 9.79 Å². The Morgan fingerprint density at radius 3 is 1.57 bits per heavy atom. The van der Waals surface area contributed by atoms with Crippen LogP contribution in [0.15, 0.2) is 70.5 Å². The molecule has 0 aliphatic heterocycles. The summed E-state index contributed by atoms with van der Waals surface area (Å²) in [5.41, 5.74) is 0. The zero-order valence-electron chi connectivity index (χ0n) is 10.7. The van der Waals surface area contributed by atoms with E-state index in [0.717, 1.165) is 9.79 Å². The normalized spacial score (nSPS) is 14.5. The number of benzene rings is 2. The van der Waals surface area contributed by atoms with Crippen molar-refractivity contribution >= 4 is 10.9 Å². The third-order valence-electron chi connectivity index (χ3n) is 1.96. The van der Waals surface area contributed by atoms with Crippen LogP contribution in [-0.4, -0.2) is 6.18 Å². The molecule has 0 aromatic heterocycles. The molecule has 14 heavy (non-hydrogen) atoms. The van der Waals surface area contributed by atoms with Gasteiger partial charge in [0, 0.05) is 0 Å². The van der Waals surface area contributed by atoms with Gasteiger partial charge in [0.25, 0.3) is 0 Å². The molecule has 0 N–H and O–H groups in total. The van der Waals surface area contributed by atoms with Crippen LogP contribution in [0.4, 0.5) is 0 Å². The van der Waals surface area contributed by atoms with Crippen molar-refractivity contribution in [1.29, 1.82) is 0 Å². The van der Waals surface area contributed by atoms with Gasteiger partial charge < -0.3 is 0 Å². The molecule has 0 saturated carbocycles. The van der Waals surface area contributed by atoms with E-state index in [2.05, 4.69) is 0 Å². The van der Waals surface area contributed by atoms with Crippen molar-refractivity contribution in [3.05, 3.63) is 60.7 Å². The fourth-order valence-electron chi connectivity index (χ4n) is 1.25. The highest BCUT2D eigenvalue weighted by Crippen LogP contribution is 2.19. The van der Waals surface area contributed by atoms with Gasteiger partial charge in [-0.25, -0.2) is 0 Å². The smallest absolute Gasteiger partial charge is 0.0619 e. The quantitative estimate of drug-likeness (QED) is 0.658. The van der Waals surface area contributed by atoms with Gasteiger partial charge in [-0.2, -0.15) is 0 Å². The van der Waals surface area contributed by atoms with Crippen LogP contribution in [-0.2, 0) is 10.9 Å². The Bertz CT molecular complexity index is 426.